The summed E-state index contributed by atoms with van der Waals surface area (Å²) in [5, 5.41) is 0. The van der Waals surface area contributed by atoms with Crippen LogP contribution in [0.1, 0.15) is 67.3 Å². The topological polar surface area (TPSA) is 66.5 Å². The normalized spacial score (nSPS) is 11.9. The number of hydrogen-bond acceptors (Lipinski definition) is 4. The van der Waals surface area contributed by atoms with Gasteiger partial charge in [-0.15, -0.1) is 0 Å². The number of nitrogens with one attached hydrogen (secondary N) is 1. The van der Waals surface area contributed by atoms with Gasteiger partial charge in [0.2, 0.25) is 5.91 Å². The number of nitrogens with zero attached hydrogens (tertiary/aromatic N) is 1. The number of rotatable bonds is 9. The number of sulfonamides is 1. The highest BCUT2D eigenvalue weighted by Crippen LogP contribution is 2.30. The van der Waals surface area contributed by atoms with Gasteiger partial charge in [-0.1, -0.05) is 64.6 Å². The minimum atomic E-state index is -3.93. The largest absolute Gasteiger partial charge is 0.305 e. The summed E-state index contributed by atoms with van der Waals surface area (Å²) < 4.78 is 27.7. The van der Waals surface area contributed by atoms with Crippen LogP contribution in [-0.2, 0) is 27.8 Å². The fourth-order valence-electron chi connectivity index (χ4n) is 3.64. The molecule has 0 saturated carbocycles. The van der Waals surface area contributed by atoms with E-state index in [0.29, 0.717) is 6.54 Å². The molecule has 1 amide bonds. The van der Waals surface area contributed by atoms with Crippen molar-refractivity contribution >= 4 is 22.0 Å². The van der Waals surface area contributed by atoms with Crippen molar-refractivity contribution in [2.45, 2.75) is 57.4 Å². The number of carbonyl (C=O) groups is 1. The number of amides is 1. The molecule has 168 valence electrons. The number of hydrogen-bond donors (Lipinski definition) is 1. The lowest BCUT2D eigenvalue weighted by atomic mass is 9.85. The van der Waals surface area contributed by atoms with Crippen LogP contribution in [0.4, 0.5) is 0 Å². The molecule has 0 aromatic heterocycles. The van der Waals surface area contributed by atoms with E-state index in [-0.39, 0.29) is 23.2 Å². The second-order valence-electron chi connectivity index (χ2n) is 8.78. The van der Waals surface area contributed by atoms with E-state index in [1.54, 1.807) is 18.2 Å². The van der Waals surface area contributed by atoms with Crippen LogP contribution in [-0.4, -0.2) is 33.3 Å². The first-order valence-electron chi connectivity index (χ1n) is 10.5. The summed E-state index contributed by atoms with van der Waals surface area (Å²) in [5.74, 6) is -0.144. The average Bonchev–Trinajstić information content (AvgIpc) is 2.67. The maximum atomic E-state index is 12.8. The molecule has 0 fully saturated rings. The smallest absolute Gasteiger partial charge is 0.264 e. The molecular weight excluding hydrogens is 408 g/mol. The van der Waals surface area contributed by atoms with E-state index in [1.165, 1.54) is 12.1 Å². The Balaban J connectivity index is 2.30. The van der Waals surface area contributed by atoms with Crippen LogP contribution >= 0.6 is 0 Å². The summed E-state index contributed by atoms with van der Waals surface area (Å²) in [4.78, 5) is 14.9. The van der Waals surface area contributed by atoms with Crippen LogP contribution in [0.2, 0.25) is 0 Å². The van der Waals surface area contributed by atoms with Crippen molar-refractivity contribution in [3.8, 4) is 0 Å². The van der Waals surface area contributed by atoms with Gasteiger partial charge in [-0.25, -0.2) is 13.1 Å². The molecule has 0 aliphatic carbocycles. The zero-order valence-electron chi connectivity index (χ0n) is 19.4. The maximum Gasteiger partial charge on any atom is 0.264 e. The van der Waals surface area contributed by atoms with E-state index < -0.39 is 15.9 Å². The van der Waals surface area contributed by atoms with Gasteiger partial charge in [0.15, 0.2) is 0 Å². The molecular formula is C25H34N2O3S. The molecule has 0 heterocycles. The predicted molar refractivity (Wildman–Crippen MR) is 128 cm³/mol. The van der Waals surface area contributed by atoms with Crippen LogP contribution < -0.4 is 4.72 Å². The number of benzene rings is 2. The van der Waals surface area contributed by atoms with Crippen LogP contribution in [0.3, 0.4) is 0 Å². The first-order valence-corrected chi connectivity index (χ1v) is 12.0. The van der Waals surface area contributed by atoms with Gasteiger partial charge in [0.05, 0.1) is 11.3 Å². The summed E-state index contributed by atoms with van der Waals surface area (Å²) in [6.45, 7) is 12.9. The minimum absolute atomic E-state index is 0.0103. The third-order valence-corrected chi connectivity index (χ3v) is 6.53. The highest BCUT2D eigenvalue weighted by atomic mass is 32.2. The zero-order valence-corrected chi connectivity index (χ0v) is 20.2. The van der Waals surface area contributed by atoms with Gasteiger partial charge in [-0.3, -0.25) is 4.79 Å². The maximum absolute atomic E-state index is 12.8. The third kappa shape index (κ3) is 6.52. The van der Waals surface area contributed by atoms with Crippen molar-refractivity contribution in [1.29, 1.82) is 0 Å². The lowest BCUT2D eigenvalue weighted by Gasteiger charge is -2.21. The molecule has 0 atom stereocenters. The van der Waals surface area contributed by atoms with Crippen molar-refractivity contribution in [3.05, 3.63) is 70.8 Å². The molecule has 0 saturated heterocycles. The van der Waals surface area contributed by atoms with Gasteiger partial charge in [0.25, 0.3) is 10.0 Å². The van der Waals surface area contributed by atoms with E-state index in [1.807, 2.05) is 31.1 Å². The minimum Gasteiger partial charge on any atom is -0.305 e. The van der Waals surface area contributed by atoms with E-state index in [2.05, 4.69) is 39.0 Å². The molecule has 0 aliphatic rings. The molecule has 0 radical (unpaired) electrons. The summed E-state index contributed by atoms with van der Waals surface area (Å²) in [5.41, 5.74) is 4.98. The summed E-state index contributed by atoms with van der Waals surface area (Å²) in [6, 6.07) is 10.7. The molecule has 6 heteroatoms. The van der Waals surface area contributed by atoms with Gasteiger partial charge >= 0.3 is 0 Å². The fourth-order valence-corrected chi connectivity index (χ4v) is 4.62. The Labute approximate surface area is 187 Å². The van der Waals surface area contributed by atoms with Crippen LogP contribution in [0.5, 0.6) is 0 Å². The van der Waals surface area contributed by atoms with E-state index in [4.69, 9.17) is 0 Å². The van der Waals surface area contributed by atoms with Gasteiger partial charge in [0, 0.05) is 6.54 Å². The molecule has 2 aromatic carbocycles. The molecule has 31 heavy (non-hydrogen) atoms. The van der Waals surface area contributed by atoms with Crippen LogP contribution in [0.15, 0.2) is 47.9 Å². The first kappa shape index (κ1) is 24.8. The molecule has 5 nitrogen and oxygen atoms in total. The number of carbonyl (C=O) groups excluding carboxylic acids is 1. The van der Waals surface area contributed by atoms with Crippen molar-refractivity contribution in [2.24, 2.45) is 0 Å². The molecule has 2 aromatic rings. The van der Waals surface area contributed by atoms with Crippen LogP contribution in [0, 0.1) is 0 Å². The van der Waals surface area contributed by atoms with Gasteiger partial charge < -0.3 is 4.90 Å². The summed E-state index contributed by atoms with van der Waals surface area (Å²) in [6.07, 6.45) is 1.81. The van der Waals surface area contributed by atoms with Crippen molar-refractivity contribution in [2.75, 3.05) is 14.1 Å². The summed E-state index contributed by atoms with van der Waals surface area (Å²) in [7, 11) is -0.0378. The van der Waals surface area contributed by atoms with Crippen LogP contribution in [0.25, 0.3) is 6.08 Å². The molecule has 2 rings (SSSR count). The Kier molecular flexibility index (Phi) is 8.21. The fraction of sp³-hybridized carbons (Fsp3) is 0.400. The molecule has 1 N–H and O–H groups in total. The monoisotopic (exact) mass is 442 g/mol. The Hall–Kier alpha value is -2.44. The average molecular weight is 443 g/mol. The first-order chi connectivity index (χ1) is 14.4. The highest BCUT2D eigenvalue weighted by molar-refractivity contribution is 7.90. The molecule has 0 aliphatic heterocycles. The Morgan fingerprint density at radius 3 is 1.97 bits per heavy atom. The SMILES string of the molecule is C=Cc1cc(C(C)C)c(CC(=O)NS(=O)(=O)c2ccc(CN(C)C)cc2)c(C(C)C)c1. The Bertz CT molecular complexity index is 1010. The predicted octanol–water partition coefficient (Wildman–Crippen LogP) is 4.69. The molecule has 0 unspecified atom stereocenters. The van der Waals surface area contributed by atoms with Gasteiger partial charge in [-0.05, 0) is 65.9 Å². The van der Waals surface area contributed by atoms with Crippen molar-refractivity contribution in [1.82, 2.24) is 9.62 Å². The van der Waals surface area contributed by atoms with Crippen molar-refractivity contribution < 1.29 is 13.2 Å². The third-order valence-electron chi connectivity index (χ3n) is 5.14. The standard InChI is InChI=1S/C25H34N2O3S/c1-8-19-13-22(17(2)3)24(23(14-19)18(4)5)15-25(28)26-31(29,30)21-11-9-20(10-12-21)16-27(6)7/h8-14,17-18H,1,15-16H2,2-7H3,(H,26,28). The molecule has 0 bridgehead atoms. The van der Waals surface area contributed by atoms with E-state index in [9.17, 15) is 13.2 Å². The highest BCUT2D eigenvalue weighted by Gasteiger charge is 2.22. The lowest BCUT2D eigenvalue weighted by molar-refractivity contribution is -0.118. The quantitative estimate of drug-likeness (QED) is 0.612. The van der Waals surface area contributed by atoms with Gasteiger partial charge in [0.1, 0.15) is 0 Å². The zero-order chi connectivity index (χ0) is 23.3. The second kappa shape index (κ2) is 10.2. The second-order valence-corrected chi connectivity index (χ2v) is 10.5. The van der Waals surface area contributed by atoms with E-state index >= 15 is 0 Å². The molecule has 0 spiro atoms. The van der Waals surface area contributed by atoms with Gasteiger partial charge in [-0.2, -0.15) is 0 Å². The van der Waals surface area contributed by atoms with E-state index in [0.717, 1.165) is 27.8 Å². The van der Waals surface area contributed by atoms with Crippen molar-refractivity contribution in [3.63, 3.8) is 0 Å². The Morgan fingerprint density at radius 1 is 1.03 bits per heavy atom. The summed E-state index contributed by atoms with van der Waals surface area (Å²) >= 11 is 0. The Morgan fingerprint density at radius 2 is 1.55 bits per heavy atom. The lowest BCUT2D eigenvalue weighted by Crippen LogP contribution is -2.32.